The van der Waals surface area contributed by atoms with Gasteiger partial charge in [0.25, 0.3) is 6.47 Å². The zero-order valence-electron chi connectivity index (χ0n) is 13.3. The molecule has 2 aromatic rings. The quantitative estimate of drug-likeness (QED) is 0.826. The Hall–Kier alpha value is -2.79. The van der Waals surface area contributed by atoms with Crippen LogP contribution < -0.4 is 5.32 Å². The number of carbonyl (C=O) groups excluding carboxylic acids is 2. The van der Waals surface area contributed by atoms with Gasteiger partial charge in [0.2, 0.25) is 5.91 Å². The molecule has 0 spiro atoms. The number of nitrogens with one attached hydrogen (secondary N) is 1. The summed E-state index contributed by atoms with van der Waals surface area (Å²) >= 11 is 1.14. The van der Waals surface area contributed by atoms with Crippen molar-refractivity contribution in [3.8, 4) is 17.3 Å². The van der Waals surface area contributed by atoms with Crippen LogP contribution in [0.1, 0.15) is 30.6 Å². The van der Waals surface area contributed by atoms with E-state index in [-0.39, 0.29) is 17.9 Å². The number of pyridine rings is 1. The van der Waals surface area contributed by atoms with Crippen LogP contribution in [0.2, 0.25) is 0 Å². The van der Waals surface area contributed by atoms with Crippen LogP contribution in [-0.4, -0.2) is 28.5 Å². The van der Waals surface area contributed by atoms with Gasteiger partial charge in [0.1, 0.15) is 22.7 Å². The number of nitriles is 1. The molecule has 2 aromatic heterocycles. The molecule has 0 aliphatic heterocycles. The lowest BCUT2D eigenvalue weighted by Gasteiger charge is -2.26. The van der Waals surface area contributed by atoms with Gasteiger partial charge in [-0.25, -0.2) is 4.98 Å². The molecule has 1 N–H and O–H groups in total. The summed E-state index contributed by atoms with van der Waals surface area (Å²) in [4.78, 5) is 31.8. The summed E-state index contributed by atoms with van der Waals surface area (Å²) in [5, 5.41) is 12.5. The van der Waals surface area contributed by atoms with Crippen molar-refractivity contribution in [3.05, 3.63) is 29.4 Å². The van der Waals surface area contributed by atoms with E-state index >= 15 is 0 Å². The van der Waals surface area contributed by atoms with Crippen LogP contribution in [0.4, 0.5) is 5.13 Å². The molecule has 2 atom stereocenters. The van der Waals surface area contributed by atoms with Crippen LogP contribution in [-0.2, 0) is 14.3 Å². The highest BCUT2D eigenvalue weighted by Gasteiger charge is 2.29. The Morgan fingerprint density at radius 3 is 3.08 bits per heavy atom. The van der Waals surface area contributed by atoms with Gasteiger partial charge in [-0.1, -0.05) is 11.3 Å². The number of anilines is 1. The lowest BCUT2D eigenvalue weighted by Crippen LogP contribution is -2.31. The fourth-order valence-electron chi connectivity index (χ4n) is 2.94. The van der Waals surface area contributed by atoms with Crippen LogP contribution in [0.15, 0.2) is 24.5 Å². The van der Waals surface area contributed by atoms with Crippen molar-refractivity contribution < 1.29 is 14.3 Å². The van der Waals surface area contributed by atoms with Crippen molar-refractivity contribution >= 4 is 28.8 Å². The fourth-order valence-corrected chi connectivity index (χ4v) is 3.73. The smallest absolute Gasteiger partial charge is 0.293 e. The van der Waals surface area contributed by atoms with Crippen molar-refractivity contribution in [2.75, 3.05) is 5.32 Å². The molecule has 1 saturated carbocycles. The highest BCUT2D eigenvalue weighted by molar-refractivity contribution is 7.16. The maximum atomic E-state index is 12.5. The number of aromatic nitrogens is 2. The van der Waals surface area contributed by atoms with Crippen LogP contribution in [0, 0.1) is 17.2 Å². The second-order valence-electron chi connectivity index (χ2n) is 5.76. The Kier molecular flexibility index (Phi) is 5.36. The molecule has 1 aliphatic rings. The van der Waals surface area contributed by atoms with E-state index in [1.54, 1.807) is 18.5 Å². The van der Waals surface area contributed by atoms with Gasteiger partial charge in [-0.3, -0.25) is 14.6 Å². The third kappa shape index (κ3) is 4.00. The van der Waals surface area contributed by atoms with E-state index < -0.39 is 0 Å². The summed E-state index contributed by atoms with van der Waals surface area (Å²) < 4.78 is 4.99. The van der Waals surface area contributed by atoms with Gasteiger partial charge in [-0.2, -0.15) is 5.26 Å². The maximum Gasteiger partial charge on any atom is 0.293 e. The summed E-state index contributed by atoms with van der Waals surface area (Å²) in [7, 11) is 0. The molecule has 0 bridgehead atoms. The molecule has 25 heavy (non-hydrogen) atoms. The first-order valence-corrected chi connectivity index (χ1v) is 8.74. The first-order chi connectivity index (χ1) is 12.2. The number of hydrogen-bond acceptors (Lipinski definition) is 7. The topological polar surface area (TPSA) is 105 Å². The van der Waals surface area contributed by atoms with Crippen molar-refractivity contribution in [2.24, 2.45) is 5.92 Å². The predicted molar refractivity (Wildman–Crippen MR) is 91.6 cm³/mol. The minimum atomic E-state index is -0.227. The molecule has 1 fully saturated rings. The molecule has 3 rings (SSSR count). The summed E-state index contributed by atoms with van der Waals surface area (Å²) in [6, 6.07) is 5.69. The van der Waals surface area contributed by atoms with Crippen LogP contribution in [0.3, 0.4) is 0 Å². The van der Waals surface area contributed by atoms with Gasteiger partial charge in [0.15, 0.2) is 5.13 Å². The van der Waals surface area contributed by atoms with Crippen molar-refractivity contribution in [3.63, 3.8) is 0 Å². The maximum absolute atomic E-state index is 12.5. The number of hydrogen-bond donors (Lipinski definition) is 1. The molecule has 2 heterocycles. The number of rotatable bonds is 5. The summed E-state index contributed by atoms with van der Waals surface area (Å²) in [5.74, 6) is -0.384. The Morgan fingerprint density at radius 2 is 2.36 bits per heavy atom. The minimum absolute atomic E-state index is 0.157. The highest BCUT2D eigenvalue weighted by atomic mass is 32.1. The molecule has 0 saturated heterocycles. The van der Waals surface area contributed by atoms with E-state index in [4.69, 9.17) is 4.74 Å². The molecule has 0 aromatic carbocycles. The number of amides is 1. The number of carbonyl (C=O) groups is 2. The lowest BCUT2D eigenvalue weighted by molar-refractivity contribution is -0.137. The highest BCUT2D eigenvalue weighted by Crippen LogP contribution is 2.32. The van der Waals surface area contributed by atoms with Gasteiger partial charge in [0, 0.05) is 23.9 Å². The molecule has 7 nitrogen and oxygen atoms in total. The molecule has 2 unspecified atom stereocenters. The van der Waals surface area contributed by atoms with Gasteiger partial charge in [-0.15, -0.1) is 0 Å². The second-order valence-corrected chi connectivity index (χ2v) is 6.76. The van der Waals surface area contributed by atoms with E-state index in [0.29, 0.717) is 28.6 Å². The first kappa shape index (κ1) is 17.0. The Balaban J connectivity index is 1.73. The summed E-state index contributed by atoms with van der Waals surface area (Å²) in [5.41, 5.74) is 1.25. The van der Waals surface area contributed by atoms with Gasteiger partial charge in [-0.05, 0) is 37.8 Å². The van der Waals surface area contributed by atoms with Crippen LogP contribution >= 0.6 is 11.3 Å². The monoisotopic (exact) mass is 356 g/mol. The van der Waals surface area contributed by atoms with E-state index in [1.807, 2.05) is 6.07 Å². The molecule has 0 radical (unpaired) electrons. The Labute approximate surface area is 148 Å². The van der Waals surface area contributed by atoms with Gasteiger partial charge < -0.3 is 10.1 Å². The lowest BCUT2D eigenvalue weighted by atomic mass is 9.86. The number of ether oxygens (including phenoxy) is 1. The van der Waals surface area contributed by atoms with Crippen molar-refractivity contribution in [1.29, 1.82) is 5.26 Å². The largest absolute Gasteiger partial charge is 0.465 e. The van der Waals surface area contributed by atoms with Crippen LogP contribution in [0.25, 0.3) is 11.3 Å². The van der Waals surface area contributed by atoms with E-state index in [0.717, 1.165) is 36.2 Å². The van der Waals surface area contributed by atoms with E-state index in [1.165, 1.54) is 0 Å². The Bertz CT molecular complexity index is 800. The minimum Gasteiger partial charge on any atom is -0.465 e. The zero-order valence-corrected chi connectivity index (χ0v) is 14.2. The van der Waals surface area contributed by atoms with E-state index in [2.05, 4.69) is 21.4 Å². The first-order valence-electron chi connectivity index (χ1n) is 7.92. The van der Waals surface area contributed by atoms with Crippen molar-refractivity contribution in [2.45, 2.75) is 31.8 Å². The van der Waals surface area contributed by atoms with Crippen molar-refractivity contribution in [1.82, 2.24) is 9.97 Å². The average Bonchev–Trinajstić information content (AvgIpc) is 3.06. The van der Waals surface area contributed by atoms with Crippen LogP contribution in [0.5, 0.6) is 0 Å². The molecule has 1 aliphatic carbocycles. The predicted octanol–water partition coefficient (Wildman–Crippen LogP) is 2.75. The third-order valence-corrected chi connectivity index (χ3v) is 5.01. The van der Waals surface area contributed by atoms with Gasteiger partial charge >= 0.3 is 0 Å². The third-order valence-electron chi connectivity index (χ3n) is 4.14. The van der Waals surface area contributed by atoms with Gasteiger partial charge in [0.05, 0.1) is 0 Å². The molecular formula is C17H16N4O3S. The average molecular weight is 356 g/mol. The molecular weight excluding hydrogens is 340 g/mol. The fraction of sp³-hybridized carbons (Fsp3) is 0.353. The normalized spacial score (nSPS) is 19.6. The summed E-state index contributed by atoms with van der Waals surface area (Å²) in [6.07, 6.45) is 5.93. The Morgan fingerprint density at radius 1 is 1.48 bits per heavy atom. The number of thiazole rings is 1. The van der Waals surface area contributed by atoms with E-state index in [9.17, 15) is 14.9 Å². The number of nitrogens with zero attached hydrogens (tertiary/aromatic N) is 3. The summed E-state index contributed by atoms with van der Waals surface area (Å²) in [6.45, 7) is 0.436. The SMILES string of the molecule is N#Cc1sc(NC(=O)C2CCCC(OC=O)C2)nc1-c1cccnc1. The molecule has 1 amide bonds. The molecule has 128 valence electrons. The molecule has 8 heteroatoms. The standard InChI is InChI=1S/C17H16N4O3S/c18-8-14-15(12-4-2-6-19-9-12)20-17(25-14)21-16(23)11-3-1-5-13(7-11)24-10-22/h2,4,6,9-11,13H,1,3,5,7H2,(H,20,21,23). The zero-order chi connectivity index (χ0) is 17.6. The second kappa shape index (κ2) is 7.85.